The van der Waals surface area contributed by atoms with Crippen molar-refractivity contribution in [1.82, 2.24) is 0 Å². The summed E-state index contributed by atoms with van der Waals surface area (Å²) < 4.78 is 13.5. The Morgan fingerprint density at radius 1 is 1.29 bits per heavy atom. The first-order valence-electron chi connectivity index (χ1n) is 5.70. The number of aliphatic hydroxyl groups is 2. The summed E-state index contributed by atoms with van der Waals surface area (Å²) in [6, 6.07) is 3.05. The van der Waals surface area contributed by atoms with E-state index in [9.17, 15) is 14.6 Å². The number of likely N-dealkylation sites (N-methyl/N-ethyl adjacent to an activating group) is 1. The molecule has 0 aromatic heterocycles. The zero-order chi connectivity index (χ0) is 13.2. The fraction of sp³-hybridized carbons (Fsp3) is 0.538. The summed E-state index contributed by atoms with van der Waals surface area (Å²) in [4.78, 5) is 1.82. The van der Waals surface area contributed by atoms with Crippen LogP contribution < -0.4 is 4.90 Å². The van der Waals surface area contributed by atoms with Crippen molar-refractivity contribution in [3.8, 4) is 0 Å². The van der Waals surface area contributed by atoms with Gasteiger partial charge in [0.1, 0.15) is 5.82 Å². The van der Waals surface area contributed by atoms with Crippen LogP contribution >= 0.6 is 0 Å². The maximum Gasteiger partial charge on any atom is 0.126 e. The van der Waals surface area contributed by atoms with E-state index in [1.807, 2.05) is 11.9 Å². The Morgan fingerprint density at radius 2 is 1.88 bits per heavy atom. The maximum atomic E-state index is 13.5. The number of rotatable bonds is 4. The number of nitrogens with zero attached hydrogens (tertiary/aromatic N) is 1. The van der Waals surface area contributed by atoms with Crippen molar-refractivity contribution in [3.05, 3.63) is 29.1 Å². The first-order valence-corrected chi connectivity index (χ1v) is 5.70. The second-order valence-electron chi connectivity index (χ2n) is 4.57. The van der Waals surface area contributed by atoms with E-state index in [0.29, 0.717) is 17.7 Å². The monoisotopic (exact) mass is 241 g/mol. The summed E-state index contributed by atoms with van der Waals surface area (Å²) in [6.45, 7) is 5.41. The van der Waals surface area contributed by atoms with Crippen LogP contribution in [0.5, 0.6) is 0 Å². The van der Waals surface area contributed by atoms with Gasteiger partial charge in [-0.3, -0.25) is 0 Å². The van der Waals surface area contributed by atoms with Crippen molar-refractivity contribution in [1.29, 1.82) is 0 Å². The summed E-state index contributed by atoms with van der Waals surface area (Å²) in [5.74, 6) is -0.324. The minimum absolute atomic E-state index is 0.324. The van der Waals surface area contributed by atoms with Crippen LogP contribution in [0.3, 0.4) is 0 Å². The Balaban J connectivity index is 3.16. The number of halogens is 1. The highest BCUT2D eigenvalue weighted by Crippen LogP contribution is 2.28. The lowest BCUT2D eigenvalue weighted by Gasteiger charge is -2.25. The molecule has 0 aliphatic heterocycles. The molecule has 0 spiro atoms. The summed E-state index contributed by atoms with van der Waals surface area (Å²) in [5, 5.41) is 19.0. The van der Waals surface area contributed by atoms with Gasteiger partial charge in [0, 0.05) is 24.8 Å². The van der Waals surface area contributed by atoms with Crippen molar-refractivity contribution in [2.75, 3.05) is 18.5 Å². The van der Waals surface area contributed by atoms with E-state index in [-0.39, 0.29) is 5.82 Å². The van der Waals surface area contributed by atoms with Gasteiger partial charge < -0.3 is 15.1 Å². The zero-order valence-corrected chi connectivity index (χ0v) is 10.7. The molecule has 0 aliphatic carbocycles. The van der Waals surface area contributed by atoms with E-state index in [1.165, 1.54) is 6.07 Å². The van der Waals surface area contributed by atoms with Crippen LogP contribution in [0, 0.1) is 12.7 Å². The average molecular weight is 241 g/mol. The van der Waals surface area contributed by atoms with Gasteiger partial charge in [-0.1, -0.05) is 0 Å². The van der Waals surface area contributed by atoms with Gasteiger partial charge in [-0.25, -0.2) is 4.39 Å². The first kappa shape index (κ1) is 13.9. The minimum atomic E-state index is -0.739. The molecule has 2 atom stereocenters. The van der Waals surface area contributed by atoms with E-state index < -0.39 is 12.2 Å². The van der Waals surface area contributed by atoms with Crippen molar-refractivity contribution in [3.63, 3.8) is 0 Å². The Morgan fingerprint density at radius 3 is 2.35 bits per heavy atom. The number of aryl methyl sites for hydroxylation is 1. The standard InChI is InChI=1S/C13H20FNO2/c1-8-5-13(15(4)7-9(2)16)11(10(3)17)6-12(8)14/h5-6,9-10,16-17H,7H2,1-4H3. The van der Waals surface area contributed by atoms with Gasteiger partial charge in [-0.05, 0) is 38.5 Å². The Hall–Kier alpha value is -1.13. The van der Waals surface area contributed by atoms with E-state index in [4.69, 9.17) is 0 Å². The molecule has 1 aromatic rings. The third-order valence-electron chi connectivity index (χ3n) is 2.71. The van der Waals surface area contributed by atoms with Crippen LogP contribution in [0.1, 0.15) is 31.1 Å². The predicted octanol–water partition coefficient (Wildman–Crippen LogP) is 2.00. The lowest BCUT2D eigenvalue weighted by Crippen LogP contribution is -2.28. The smallest absolute Gasteiger partial charge is 0.126 e. The quantitative estimate of drug-likeness (QED) is 0.847. The molecule has 2 N–H and O–H groups in total. The molecule has 96 valence electrons. The van der Waals surface area contributed by atoms with Gasteiger partial charge >= 0.3 is 0 Å². The summed E-state index contributed by atoms with van der Waals surface area (Å²) in [7, 11) is 1.81. The highest BCUT2D eigenvalue weighted by atomic mass is 19.1. The van der Waals surface area contributed by atoms with Crippen LogP contribution in [-0.4, -0.2) is 29.9 Å². The van der Waals surface area contributed by atoms with E-state index in [2.05, 4.69) is 0 Å². The fourth-order valence-electron chi connectivity index (χ4n) is 1.84. The predicted molar refractivity (Wildman–Crippen MR) is 66.7 cm³/mol. The Kier molecular flexibility index (Phi) is 4.48. The fourth-order valence-corrected chi connectivity index (χ4v) is 1.84. The normalized spacial score (nSPS) is 14.5. The molecule has 0 bridgehead atoms. The maximum absolute atomic E-state index is 13.5. The summed E-state index contributed by atoms with van der Waals surface area (Å²) in [5.41, 5.74) is 1.82. The number of anilines is 1. The van der Waals surface area contributed by atoms with Crippen LogP contribution in [0.2, 0.25) is 0 Å². The van der Waals surface area contributed by atoms with Crippen molar-refractivity contribution in [2.45, 2.75) is 33.0 Å². The van der Waals surface area contributed by atoms with Crippen molar-refractivity contribution < 1.29 is 14.6 Å². The molecule has 17 heavy (non-hydrogen) atoms. The summed E-state index contributed by atoms with van der Waals surface area (Å²) >= 11 is 0. The number of hydrogen-bond acceptors (Lipinski definition) is 3. The lowest BCUT2D eigenvalue weighted by molar-refractivity contribution is 0.195. The van der Waals surface area contributed by atoms with E-state index in [0.717, 1.165) is 5.69 Å². The largest absolute Gasteiger partial charge is 0.392 e. The average Bonchev–Trinajstić information content (AvgIpc) is 2.19. The second-order valence-corrected chi connectivity index (χ2v) is 4.57. The highest BCUT2D eigenvalue weighted by Gasteiger charge is 2.15. The van der Waals surface area contributed by atoms with Crippen LogP contribution in [-0.2, 0) is 0 Å². The zero-order valence-electron chi connectivity index (χ0n) is 10.7. The molecule has 1 aromatic carbocycles. The molecule has 0 saturated carbocycles. The topological polar surface area (TPSA) is 43.7 Å². The highest BCUT2D eigenvalue weighted by molar-refractivity contribution is 5.56. The van der Waals surface area contributed by atoms with Crippen molar-refractivity contribution in [2.24, 2.45) is 0 Å². The molecular formula is C13H20FNO2. The van der Waals surface area contributed by atoms with E-state index in [1.54, 1.807) is 26.8 Å². The first-order chi connectivity index (χ1) is 7.82. The molecule has 0 saturated heterocycles. The third-order valence-corrected chi connectivity index (χ3v) is 2.71. The van der Waals surface area contributed by atoms with Gasteiger partial charge in [-0.15, -0.1) is 0 Å². The minimum Gasteiger partial charge on any atom is -0.392 e. The molecular weight excluding hydrogens is 221 g/mol. The second kappa shape index (κ2) is 5.47. The van der Waals surface area contributed by atoms with E-state index >= 15 is 0 Å². The molecule has 4 heteroatoms. The van der Waals surface area contributed by atoms with Gasteiger partial charge in [0.05, 0.1) is 12.2 Å². The van der Waals surface area contributed by atoms with Gasteiger partial charge in [-0.2, -0.15) is 0 Å². The van der Waals surface area contributed by atoms with Crippen LogP contribution in [0.25, 0.3) is 0 Å². The Labute approximate surface area is 101 Å². The van der Waals surface area contributed by atoms with Crippen molar-refractivity contribution >= 4 is 5.69 Å². The van der Waals surface area contributed by atoms with Gasteiger partial charge in [0.2, 0.25) is 0 Å². The molecule has 0 aliphatic rings. The van der Waals surface area contributed by atoms with Crippen LogP contribution in [0.4, 0.5) is 10.1 Å². The van der Waals surface area contributed by atoms with Crippen LogP contribution in [0.15, 0.2) is 12.1 Å². The number of benzene rings is 1. The number of hydrogen-bond donors (Lipinski definition) is 2. The molecule has 1 rings (SSSR count). The third kappa shape index (κ3) is 3.41. The molecule has 0 amide bonds. The van der Waals surface area contributed by atoms with Gasteiger partial charge in [0.25, 0.3) is 0 Å². The molecule has 2 unspecified atom stereocenters. The number of aliphatic hydroxyl groups excluding tert-OH is 2. The molecule has 0 heterocycles. The molecule has 0 radical (unpaired) electrons. The SMILES string of the molecule is Cc1cc(N(C)CC(C)O)c(C(C)O)cc1F. The van der Waals surface area contributed by atoms with Gasteiger partial charge in [0.15, 0.2) is 0 Å². The lowest BCUT2D eigenvalue weighted by atomic mass is 10.0. The summed E-state index contributed by atoms with van der Waals surface area (Å²) in [6.07, 6.45) is -1.22. The molecule has 3 nitrogen and oxygen atoms in total. The molecule has 0 fully saturated rings. The Bertz CT molecular complexity index is 391.